The molecular weight excluding hydrogens is 390 g/mol. The van der Waals surface area contributed by atoms with E-state index in [4.69, 9.17) is 4.98 Å². The second-order valence-electron chi connectivity index (χ2n) is 4.44. The van der Waals surface area contributed by atoms with Gasteiger partial charge in [-0.15, -0.1) is 6.54 Å². The van der Waals surface area contributed by atoms with Gasteiger partial charge >= 0.3 is 0 Å². The average Bonchev–Trinajstić information content (AvgIpc) is 2.69. The first kappa shape index (κ1) is 12.7. The van der Waals surface area contributed by atoms with Crippen LogP contribution in [0.3, 0.4) is 0 Å². The van der Waals surface area contributed by atoms with Gasteiger partial charge < -0.3 is 9.88 Å². The monoisotopic (exact) mass is 407 g/mol. The summed E-state index contributed by atoms with van der Waals surface area (Å²) in [6.07, 6.45) is 3.66. The van der Waals surface area contributed by atoms with Crippen LogP contribution in [0.2, 0.25) is 0 Å². The van der Waals surface area contributed by atoms with Crippen molar-refractivity contribution in [1.82, 2.24) is 9.55 Å². The van der Waals surface area contributed by atoms with Crippen LogP contribution in [0, 0.1) is 0 Å². The zero-order valence-corrected chi connectivity index (χ0v) is 12.3. The number of piperidine rings is 1. The molecule has 3 nitrogen and oxygen atoms in total. The van der Waals surface area contributed by atoms with Gasteiger partial charge in [0.05, 0.1) is 16.9 Å². The molecule has 1 radical (unpaired) electrons. The number of aromatic nitrogens is 2. The summed E-state index contributed by atoms with van der Waals surface area (Å²) in [6, 6.07) is 8.60. The van der Waals surface area contributed by atoms with Crippen molar-refractivity contribution in [1.29, 1.82) is 0 Å². The van der Waals surface area contributed by atoms with Gasteiger partial charge in [-0.2, -0.15) is 0 Å². The fourth-order valence-electron chi connectivity index (χ4n) is 2.46. The minimum Gasteiger partial charge on any atom is -0.653 e. The first-order chi connectivity index (χ1) is 7.86. The van der Waals surface area contributed by atoms with Crippen LogP contribution in [0.5, 0.6) is 0 Å². The van der Waals surface area contributed by atoms with Crippen LogP contribution in [-0.4, -0.2) is 16.1 Å². The standard InChI is InChI=1S/C13H16N3.Ir/c1-16-12-8-3-2-6-10(12)15-13(16)11-7-4-5-9-14-11;/h2-3,6,8,11H,4-5,7,9H2,1H3;/q-1;. The molecule has 0 amide bonds. The smallest absolute Gasteiger partial charge is 0.0914 e. The molecule has 4 heteroatoms. The quantitative estimate of drug-likeness (QED) is 0.716. The van der Waals surface area contributed by atoms with E-state index in [-0.39, 0.29) is 20.1 Å². The fraction of sp³-hybridized carbons (Fsp3) is 0.462. The Morgan fingerprint density at radius 1 is 1.29 bits per heavy atom. The molecule has 2 aromatic rings. The van der Waals surface area contributed by atoms with Crippen molar-refractivity contribution in [3.05, 3.63) is 35.4 Å². The third kappa shape index (κ3) is 2.30. The molecule has 0 aliphatic carbocycles. The Kier molecular flexibility index (Phi) is 3.97. The van der Waals surface area contributed by atoms with Crippen molar-refractivity contribution >= 4 is 11.0 Å². The predicted molar refractivity (Wildman–Crippen MR) is 65.5 cm³/mol. The summed E-state index contributed by atoms with van der Waals surface area (Å²) in [5.41, 5.74) is 2.29. The minimum absolute atomic E-state index is 0. The van der Waals surface area contributed by atoms with Crippen molar-refractivity contribution in [2.45, 2.75) is 25.3 Å². The van der Waals surface area contributed by atoms with Gasteiger partial charge in [-0.3, -0.25) is 0 Å². The molecule has 1 atom stereocenters. The molecule has 0 saturated carbocycles. The SMILES string of the molecule is Cn1c(C2CCCC[N-]2)nc2ccccc21.[Ir]. The maximum atomic E-state index is 4.71. The molecule has 1 fully saturated rings. The molecule has 0 N–H and O–H groups in total. The molecule has 1 aromatic heterocycles. The van der Waals surface area contributed by atoms with Crippen LogP contribution in [0.1, 0.15) is 31.1 Å². The molecule has 3 rings (SSSR count). The number of imidazole rings is 1. The van der Waals surface area contributed by atoms with Gasteiger partial charge in [-0.25, -0.2) is 4.98 Å². The summed E-state index contributed by atoms with van der Waals surface area (Å²) in [5, 5.41) is 4.67. The van der Waals surface area contributed by atoms with Crippen LogP contribution >= 0.6 is 0 Å². The van der Waals surface area contributed by atoms with Crippen LogP contribution in [0.15, 0.2) is 24.3 Å². The largest absolute Gasteiger partial charge is 0.653 e. The molecule has 1 unspecified atom stereocenters. The number of para-hydroxylation sites is 2. The molecule has 93 valence electrons. The van der Waals surface area contributed by atoms with Crippen molar-refractivity contribution < 1.29 is 20.1 Å². The molecule has 1 aliphatic rings. The summed E-state index contributed by atoms with van der Waals surface area (Å²) in [7, 11) is 2.09. The van der Waals surface area contributed by atoms with E-state index in [0.717, 1.165) is 24.3 Å². The van der Waals surface area contributed by atoms with Gasteiger partial charge in [0.2, 0.25) is 0 Å². The van der Waals surface area contributed by atoms with E-state index < -0.39 is 0 Å². The van der Waals surface area contributed by atoms with Crippen molar-refractivity contribution in [2.75, 3.05) is 6.54 Å². The van der Waals surface area contributed by atoms with E-state index in [1.807, 2.05) is 6.07 Å². The van der Waals surface area contributed by atoms with Gasteiger partial charge in [0.25, 0.3) is 0 Å². The number of rotatable bonds is 1. The summed E-state index contributed by atoms with van der Waals surface area (Å²) >= 11 is 0. The molecule has 0 bridgehead atoms. The Morgan fingerprint density at radius 3 is 2.82 bits per heavy atom. The van der Waals surface area contributed by atoms with E-state index in [1.165, 1.54) is 18.4 Å². The Hall–Kier alpha value is -0.701. The van der Waals surface area contributed by atoms with E-state index in [1.54, 1.807) is 0 Å². The minimum atomic E-state index is 0. The fourth-order valence-corrected chi connectivity index (χ4v) is 2.46. The number of benzene rings is 1. The molecule has 1 saturated heterocycles. The molecule has 0 spiro atoms. The zero-order valence-electron chi connectivity index (χ0n) is 9.89. The Bertz CT molecular complexity index is 500. The van der Waals surface area contributed by atoms with Crippen LogP contribution in [-0.2, 0) is 27.2 Å². The summed E-state index contributed by atoms with van der Waals surface area (Å²) < 4.78 is 2.19. The Labute approximate surface area is 115 Å². The molecule has 1 aliphatic heterocycles. The molecular formula is C13H16IrN3-. The second-order valence-corrected chi connectivity index (χ2v) is 4.44. The third-order valence-electron chi connectivity index (χ3n) is 3.35. The van der Waals surface area contributed by atoms with Crippen molar-refractivity contribution in [2.24, 2.45) is 7.05 Å². The molecule has 1 aromatic carbocycles. The summed E-state index contributed by atoms with van der Waals surface area (Å²) in [4.78, 5) is 4.71. The average molecular weight is 407 g/mol. The van der Waals surface area contributed by atoms with Crippen LogP contribution < -0.4 is 0 Å². The van der Waals surface area contributed by atoms with Gasteiger partial charge in [0.1, 0.15) is 0 Å². The maximum Gasteiger partial charge on any atom is 0.0914 e. The topological polar surface area (TPSA) is 31.9 Å². The number of fused-ring (bicyclic) bond motifs is 1. The number of hydrogen-bond acceptors (Lipinski definition) is 1. The first-order valence-electron chi connectivity index (χ1n) is 5.94. The van der Waals surface area contributed by atoms with Crippen LogP contribution in [0.25, 0.3) is 16.4 Å². The van der Waals surface area contributed by atoms with E-state index in [2.05, 4.69) is 35.1 Å². The summed E-state index contributed by atoms with van der Waals surface area (Å²) in [5.74, 6) is 1.13. The normalized spacial score (nSPS) is 20.2. The molecule has 2 heterocycles. The maximum absolute atomic E-state index is 4.71. The summed E-state index contributed by atoms with van der Waals surface area (Å²) in [6.45, 7) is 0.994. The van der Waals surface area contributed by atoms with Gasteiger partial charge in [0.15, 0.2) is 0 Å². The second kappa shape index (κ2) is 5.30. The zero-order chi connectivity index (χ0) is 11.0. The predicted octanol–water partition coefficient (Wildman–Crippen LogP) is 3.17. The Balaban J connectivity index is 0.00000108. The van der Waals surface area contributed by atoms with Gasteiger partial charge in [-0.1, -0.05) is 37.4 Å². The van der Waals surface area contributed by atoms with E-state index in [9.17, 15) is 0 Å². The number of hydrogen-bond donors (Lipinski definition) is 0. The van der Waals surface area contributed by atoms with Crippen LogP contribution in [0.4, 0.5) is 0 Å². The number of aryl methyl sites for hydroxylation is 1. The number of nitrogens with zero attached hydrogens (tertiary/aromatic N) is 3. The molecule has 17 heavy (non-hydrogen) atoms. The van der Waals surface area contributed by atoms with Crippen molar-refractivity contribution in [3.8, 4) is 0 Å². The first-order valence-corrected chi connectivity index (χ1v) is 5.94. The van der Waals surface area contributed by atoms with Gasteiger partial charge in [-0.05, 0) is 12.1 Å². The Morgan fingerprint density at radius 2 is 2.12 bits per heavy atom. The van der Waals surface area contributed by atoms with Gasteiger partial charge in [0, 0.05) is 27.2 Å². The van der Waals surface area contributed by atoms with E-state index in [0.29, 0.717) is 6.04 Å². The third-order valence-corrected chi connectivity index (χ3v) is 3.35. The van der Waals surface area contributed by atoms with E-state index >= 15 is 0 Å². The van der Waals surface area contributed by atoms with Crippen molar-refractivity contribution in [3.63, 3.8) is 0 Å².